The van der Waals surface area contributed by atoms with Crippen LogP contribution in [0.1, 0.15) is 27.7 Å². The first-order valence-corrected chi connectivity index (χ1v) is 6.80. The van der Waals surface area contributed by atoms with Gasteiger partial charge in [-0.2, -0.15) is 0 Å². The number of rotatable bonds is 3. The molecule has 0 aliphatic rings. The summed E-state index contributed by atoms with van der Waals surface area (Å²) in [5.74, 6) is 3.07. The molecule has 0 unspecified atom stereocenters. The molecule has 0 nitrogen and oxygen atoms in total. The molecule has 0 saturated heterocycles. The van der Waals surface area contributed by atoms with Gasteiger partial charge in [-0.1, -0.05) is 20.8 Å². The van der Waals surface area contributed by atoms with Crippen LogP contribution in [-0.4, -0.2) is 8.07 Å². The van der Waals surface area contributed by atoms with Crippen molar-refractivity contribution in [2.75, 3.05) is 0 Å². The minimum absolute atomic E-state index is 1.08. The second-order valence-electron chi connectivity index (χ2n) is 2.72. The zero-order valence-corrected chi connectivity index (χ0v) is 8.62. The zero-order chi connectivity index (χ0) is 8.04. The highest BCUT2D eigenvalue weighted by Crippen LogP contribution is 2.18. The van der Waals surface area contributed by atoms with E-state index in [2.05, 4.69) is 32.2 Å². The Balaban J connectivity index is 4.25. The van der Waals surface area contributed by atoms with Crippen molar-refractivity contribution in [3.8, 4) is 11.5 Å². The highest BCUT2D eigenvalue weighted by molar-refractivity contribution is 6.87. The Morgan fingerprint density at radius 3 is 1.50 bits per heavy atom. The van der Waals surface area contributed by atoms with Gasteiger partial charge in [0, 0.05) is 0 Å². The van der Waals surface area contributed by atoms with Gasteiger partial charge in [-0.25, -0.2) is 0 Å². The van der Waals surface area contributed by atoms with Crippen LogP contribution in [0.2, 0.25) is 18.1 Å². The van der Waals surface area contributed by atoms with Crippen LogP contribution in [0.3, 0.4) is 0 Å². The fourth-order valence-electron chi connectivity index (χ4n) is 1.28. The lowest BCUT2D eigenvalue weighted by molar-refractivity contribution is 1.20. The SMILES string of the molecule is CC#C[Si](CC)(CC)CC. The first-order chi connectivity index (χ1) is 4.74. The van der Waals surface area contributed by atoms with Gasteiger partial charge in [0.2, 0.25) is 0 Å². The van der Waals surface area contributed by atoms with Crippen molar-refractivity contribution in [3.63, 3.8) is 0 Å². The third kappa shape index (κ3) is 2.19. The van der Waals surface area contributed by atoms with Crippen molar-refractivity contribution < 1.29 is 0 Å². The molecule has 0 radical (unpaired) electrons. The summed E-state index contributed by atoms with van der Waals surface area (Å²) >= 11 is 0. The molecule has 0 atom stereocenters. The van der Waals surface area contributed by atoms with Crippen LogP contribution in [0.25, 0.3) is 0 Å². The predicted molar refractivity (Wildman–Crippen MR) is 50.6 cm³/mol. The Labute approximate surface area is 66.0 Å². The lowest BCUT2D eigenvalue weighted by atomic mass is 10.8. The Morgan fingerprint density at radius 2 is 1.40 bits per heavy atom. The maximum atomic E-state index is 3.43. The molecular weight excluding hydrogens is 136 g/mol. The van der Waals surface area contributed by atoms with Crippen molar-refractivity contribution in [2.24, 2.45) is 0 Å². The molecule has 0 aliphatic heterocycles. The van der Waals surface area contributed by atoms with Crippen LogP contribution >= 0.6 is 0 Å². The van der Waals surface area contributed by atoms with E-state index < -0.39 is 8.07 Å². The first kappa shape index (κ1) is 9.78. The molecule has 0 aromatic rings. The molecule has 0 aliphatic carbocycles. The fourth-order valence-corrected chi connectivity index (χ4v) is 3.84. The van der Waals surface area contributed by atoms with E-state index in [0.717, 1.165) is 0 Å². The third-order valence-electron chi connectivity index (χ3n) is 2.42. The van der Waals surface area contributed by atoms with Crippen molar-refractivity contribution in [2.45, 2.75) is 45.8 Å². The van der Waals surface area contributed by atoms with Crippen LogP contribution < -0.4 is 0 Å². The average Bonchev–Trinajstić information content (AvgIpc) is 2.01. The molecule has 0 fully saturated rings. The number of hydrogen-bond donors (Lipinski definition) is 0. The minimum atomic E-state index is -1.08. The van der Waals surface area contributed by atoms with E-state index in [1.54, 1.807) is 0 Å². The lowest BCUT2D eigenvalue weighted by Crippen LogP contribution is -2.29. The summed E-state index contributed by atoms with van der Waals surface area (Å²) in [6.45, 7) is 8.80. The molecule has 0 spiro atoms. The summed E-state index contributed by atoms with van der Waals surface area (Å²) in [7, 11) is -1.08. The molecule has 0 aromatic carbocycles. The fraction of sp³-hybridized carbons (Fsp3) is 0.778. The largest absolute Gasteiger partial charge is 0.137 e. The summed E-state index contributed by atoms with van der Waals surface area (Å²) in [6.07, 6.45) is 0. The van der Waals surface area contributed by atoms with Gasteiger partial charge in [0.05, 0.1) is 0 Å². The van der Waals surface area contributed by atoms with Crippen LogP contribution in [0.5, 0.6) is 0 Å². The van der Waals surface area contributed by atoms with E-state index in [-0.39, 0.29) is 0 Å². The topological polar surface area (TPSA) is 0 Å². The highest BCUT2D eigenvalue weighted by atomic mass is 28.3. The Bertz CT molecular complexity index is 126. The summed E-state index contributed by atoms with van der Waals surface area (Å²) in [5, 5.41) is 0. The molecule has 10 heavy (non-hydrogen) atoms. The monoisotopic (exact) mass is 154 g/mol. The summed E-state index contributed by atoms with van der Waals surface area (Å²) < 4.78 is 0. The third-order valence-corrected chi connectivity index (χ3v) is 7.26. The van der Waals surface area contributed by atoms with Crippen LogP contribution in [-0.2, 0) is 0 Å². The smallest absolute Gasteiger partial charge is 0.131 e. The van der Waals surface area contributed by atoms with Gasteiger partial charge in [0.1, 0.15) is 8.07 Å². The summed E-state index contributed by atoms with van der Waals surface area (Å²) in [4.78, 5) is 0. The Kier molecular flexibility index (Phi) is 4.47. The van der Waals surface area contributed by atoms with Gasteiger partial charge in [-0.3, -0.25) is 0 Å². The van der Waals surface area contributed by atoms with Crippen molar-refractivity contribution in [1.29, 1.82) is 0 Å². The minimum Gasteiger partial charge on any atom is -0.131 e. The Hall–Kier alpha value is -0.223. The van der Waals surface area contributed by atoms with Gasteiger partial charge < -0.3 is 0 Å². The maximum Gasteiger partial charge on any atom is 0.137 e. The van der Waals surface area contributed by atoms with E-state index >= 15 is 0 Å². The first-order valence-electron chi connectivity index (χ1n) is 4.18. The molecule has 0 amide bonds. The summed E-state index contributed by atoms with van der Waals surface area (Å²) in [6, 6.07) is 3.96. The van der Waals surface area contributed by atoms with E-state index in [4.69, 9.17) is 0 Å². The maximum absolute atomic E-state index is 3.43. The van der Waals surface area contributed by atoms with Gasteiger partial charge in [0.15, 0.2) is 0 Å². The van der Waals surface area contributed by atoms with E-state index in [1.807, 2.05) is 6.92 Å². The second kappa shape index (κ2) is 4.57. The molecule has 0 N–H and O–H groups in total. The normalized spacial score (nSPS) is 10.4. The zero-order valence-electron chi connectivity index (χ0n) is 7.62. The lowest BCUT2D eigenvalue weighted by Gasteiger charge is -2.19. The predicted octanol–water partition coefficient (Wildman–Crippen LogP) is 3.06. The molecule has 0 heterocycles. The molecule has 0 saturated carbocycles. The number of hydrogen-bond acceptors (Lipinski definition) is 0. The van der Waals surface area contributed by atoms with Gasteiger partial charge in [0.25, 0.3) is 0 Å². The average molecular weight is 154 g/mol. The van der Waals surface area contributed by atoms with Crippen molar-refractivity contribution in [3.05, 3.63) is 0 Å². The Morgan fingerprint density at radius 1 is 1.00 bits per heavy atom. The van der Waals surface area contributed by atoms with Gasteiger partial charge in [-0.05, 0) is 25.1 Å². The van der Waals surface area contributed by atoms with E-state index in [0.29, 0.717) is 0 Å². The molecule has 58 valence electrons. The molecular formula is C9H18Si. The van der Waals surface area contributed by atoms with Crippen molar-refractivity contribution in [1.82, 2.24) is 0 Å². The van der Waals surface area contributed by atoms with Gasteiger partial charge >= 0.3 is 0 Å². The molecule has 1 heteroatoms. The van der Waals surface area contributed by atoms with Crippen LogP contribution in [0, 0.1) is 11.5 Å². The molecule has 0 bridgehead atoms. The summed E-state index contributed by atoms with van der Waals surface area (Å²) in [5.41, 5.74) is 3.43. The van der Waals surface area contributed by atoms with Gasteiger partial charge in [-0.15, -0.1) is 11.5 Å². The second-order valence-corrected chi connectivity index (χ2v) is 7.65. The molecule has 0 aromatic heterocycles. The highest BCUT2D eigenvalue weighted by Gasteiger charge is 2.23. The van der Waals surface area contributed by atoms with Crippen LogP contribution in [0.15, 0.2) is 0 Å². The quantitative estimate of drug-likeness (QED) is 0.433. The van der Waals surface area contributed by atoms with Crippen molar-refractivity contribution >= 4 is 8.07 Å². The van der Waals surface area contributed by atoms with Crippen LogP contribution in [0.4, 0.5) is 0 Å². The van der Waals surface area contributed by atoms with E-state index in [1.165, 1.54) is 18.1 Å². The standard InChI is InChI=1S/C9H18Si/c1-5-9-10(6-2,7-3)8-4/h6-8H2,1-4H3. The molecule has 0 rings (SSSR count). The van der Waals surface area contributed by atoms with E-state index in [9.17, 15) is 0 Å².